The number of benzene rings is 2. The molecule has 1 heterocycles. The number of rotatable bonds is 6. The second-order valence-corrected chi connectivity index (χ2v) is 8.28. The van der Waals surface area contributed by atoms with E-state index >= 15 is 0 Å². The molecule has 0 spiro atoms. The molecule has 3 rings (SSSR count). The number of hydrogen-bond acceptors (Lipinski definition) is 5. The topological polar surface area (TPSA) is 56.3 Å². The van der Waals surface area contributed by atoms with Crippen LogP contribution in [0.25, 0.3) is 10.6 Å². The van der Waals surface area contributed by atoms with Gasteiger partial charge in [0.05, 0.1) is 27.0 Å². The van der Waals surface area contributed by atoms with Crippen LogP contribution < -0.4 is 0 Å². The molecule has 0 aliphatic carbocycles. The zero-order valence-corrected chi connectivity index (χ0v) is 16.2. The van der Waals surface area contributed by atoms with E-state index in [1.54, 1.807) is 24.3 Å². The molecule has 1 aromatic heterocycles. The molecule has 134 valence electrons. The number of thiazole rings is 1. The van der Waals surface area contributed by atoms with Crippen LogP contribution in [0.2, 0.25) is 0 Å². The van der Waals surface area contributed by atoms with Gasteiger partial charge < -0.3 is 4.74 Å². The molecule has 0 saturated carbocycles. The van der Waals surface area contributed by atoms with Gasteiger partial charge in [-0.05, 0) is 19.1 Å². The van der Waals surface area contributed by atoms with Crippen LogP contribution in [0, 0.1) is 6.92 Å². The molecule has 0 aliphatic rings. The lowest BCUT2D eigenvalue weighted by Gasteiger charge is -2.07. The first-order valence-electron chi connectivity index (χ1n) is 8.24. The Labute approximate surface area is 159 Å². The summed E-state index contributed by atoms with van der Waals surface area (Å²) in [6.45, 7) is 3.95. The van der Waals surface area contributed by atoms with Crippen molar-refractivity contribution in [1.82, 2.24) is 4.98 Å². The van der Waals surface area contributed by atoms with Crippen LogP contribution in [-0.2, 0) is 22.1 Å². The van der Waals surface area contributed by atoms with Gasteiger partial charge in [-0.15, -0.1) is 11.3 Å². The van der Waals surface area contributed by atoms with Gasteiger partial charge in [-0.25, -0.2) is 9.78 Å². The average Bonchev–Trinajstić information content (AvgIpc) is 3.15. The summed E-state index contributed by atoms with van der Waals surface area (Å²) in [4.78, 5) is 17.4. The van der Waals surface area contributed by atoms with Gasteiger partial charge in [0, 0.05) is 16.7 Å². The SMILES string of the molecule is CC[S@](=O)c1ccccc1C(=O)OCc1csc(-c2ccc(C)cc2)n1. The summed E-state index contributed by atoms with van der Waals surface area (Å²) in [5, 5.41) is 2.78. The highest BCUT2D eigenvalue weighted by molar-refractivity contribution is 7.85. The molecule has 0 saturated heterocycles. The third kappa shape index (κ3) is 4.26. The van der Waals surface area contributed by atoms with Gasteiger partial charge in [0.2, 0.25) is 0 Å². The largest absolute Gasteiger partial charge is 0.456 e. The molecule has 2 aromatic carbocycles. The van der Waals surface area contributed by atoms with E-state index in [-0.39, 0.29) is 6.61 Å². The van der Waals surface area contributed by atoms with Gasteiger partial charge >= 0.3 is 5.97 Å². The lowest BCUT2D eigenvalue weighted by molar-refractivity contribution is 0.0464. The predicted molar refractivity (Wildman–Crippen MR) is 105 cm³/mol. The van der Waals surface area contributed by atoms with E-state index in [0.29, 0.717) is 21.9 Å². The highest BCUT2D eigenvalue weighted by Crippen LogP contribution is 2.24. The van der Waals surface area contributed by atoms with Crippen molar-refractivity contribution in [3.8, 4) is 10.6 Å². The molecule has 26 heavy (non-hydrogen) atoms. The summed E-state index contributed by atoms with van der Waals surface area (Å²) in [5.41, 5.74) is 3.29. The van der Waals surface area contributed by atoms with Crippen molar-refractivity contribution in [3.05, 3.63) is 70.7 Å². The zero-order valence-electron chi connectivity index (χ0n) is 14.6. The molecule has 3 aromatic rings. The number of carbonyl (C=O) groups excluding carboxylic acids is 1. The first-order chi connectivity index (χ1) is 12.6. The number of hydrogen-bond donors (Lipinski definition) is 0. The summed E-state index contributed by atoms with van der Waals surface area (Å²) >= 11 is 1.52. The van der Waals surface area contributed by atoms with Crippen LogP contribution in [0.5, 0.6) is 0 Å². The fraction of sp³-hybridized carbons (Fsp3) is 0.200. The maximum absolute atomic E-state index is 12.4. The first kappa shape index (κ1) is 18.5. The first-order valence-corrected chi connectivity index (χ1v) is 10.4. The number of aromatic nitrogens is 1. The lowest BCUT2D eigenvalue weighted by atomic mass is 10.2. The quantitative estimate of drug-likeness (QED) is 0.582. The normalized spacial score (nSPS) is 11.9. The minimum absolute atomic E-state index is 0.0916. The zero-order chi connectivity index (χ0) is 18.5. The number of aryl methyl sites for hydroxylation is 1. The minimum Gasteiger partial charge on any atom is -0.456 e. The second-order valence-electron chi connectivity index (χ2n) is 5.72. The van der Waals surface area contributed by atoms with Crippen molar-refractivity contribution in [2.75, 3.05) is 5.75 Å². The predicted octanol–water partition coefficient (Wildman–Crippen LogP) is 4.60. The Bertz CT molecular complexity index is 932. The Hall–Kier alpha value is -2.31. The number of ether oxygens (including phenoxy) is 1. The maximum Gasteiger partial charge on any atom is 0.339 e. The summed E-state index contributed by atoms with van der Waals surface area (Å²) in [6, 6.07) is 15.0. The van der Waals surface area contributed by atoms with E-state index < -0.39 is 16.8 Å². The summed E-state index contributed by atoms with van der Waals surface area (Å²) in [7, 11) is -1.21. The number of nitrogens with zero attached hydrogens (tertiary/aromatic N) is 1. The van der Waals surface area contributed by atoms with Crippen LogP contribution in [0.15, 0.2) is 58.8 Å². The van der Waals surface area contributed by atoms with Gasteiger partial charge in [0.15, 0.2) is 0 Å². The maximum atomic E-state index is 12.4. The van der Waals surface area contributed by atoms with Crippen molar-refractivity contribution in [2.45, 2.75) is 25.3 Å². The smallest absolute Gasteiger partial charge is 0.339 e. The van der Waals surface area contributed by atoms with Crippen molar-refractivity contribution in [3.63, 3.8) is 0 Å². The fourth-order valence-corrected chi connectivity index (χ4v) is 4.16. The van der Waals surface area contributed by atoms with Crippen LogP contribution in [0.1, 0.15) is 28.5 Å². The third-order valence-corrected chi connectivity index (χ3v) is 6.13. The van der Waals surface area contributed by atoms with Crippen LogP contribution >= 0.6 is 11.3 Å². The highest BCUT2D eigenvalue weighted by Gasteiger charge is 2.16. The van der Waals surface area contributed by atoms with Crippen LogP contribution in [-0.4, -0.2) is 20.9 Å². The Morgan fingerprint density at radius 3 is 2.62 bits per heavy atom. The van der Waals surface area contributed by atoms with Gasteiger partial charge in [-0.2, -0.15) is 0 Å². The van der Waals surface area contributed by atoms with Gasteiger partial charge in [0.1, 0.15) is 11.6 Å². The average molecular weight is 386 g/mol. The Balaban J connectivity index is 1.69. The molecule has 0 N–H and O–H groups in total. The third-order valence-electron chi connectivity index (χ3n) is 3.82. The van der Waals surface area contributed by atoms with Crippen molar-refractivity contribution in [2.24, 2.45) is 0 Å². The summed E-state index contributed by atoms with van der Waals surface area (Å²) in [6.07, 6.45) is 0. The summed E-state index contributed by atoms with van der Waals surface area (Å²) < 4.78 is 17.5. The molecular weight excluding hydrogens is 366 g/mol. The van der Waals surface area contributed by atoms with Gasteiger partial charge in [-0.3, -0.25) is 4.21 Å². The molecule has 6 heteroatoms. The Morgan fingerprint density at radius 2 is 1.88 bits per heavy atom. The highest BCUT2D eigenvalue weighted by atomic mass is 32.2. The van der Waals surface area contributed by atoms with E-state index in [4.69, 9.17) is 4.74 Å². The lowest BCUT2D eigenvalue weighted by Crippen LogP contribution is -2.10. The van der Waals surface area contributed by atoms with Crippen LogP contribution in [0.3, 0.4) is 0 Å². The van der Waals surface area contributed by atoms with Crippen molar-refractivity contribution in [1.29, 1.82) is 0 Å². The van der Waals surface area contributed by atoms with E-state index in [9.17, 15) is 9.00 Å². The monoisotopic (exact) mass is 385 g/mol. The van der Waals surface area contributed by atoms with Crippen LogP contribution in [0.4, 0.5) is 0 Å². The molecule has 0 fully saturated rings. The summed E-state index contributed by atoms with van der Waals surface area (Å²) in [5.74, 6) is -0.0247. The standard InChI is InChI=1S/C20H19NO3S2/c1-3-26(23)18-7-5-4-6-17(18)20(22)24-12-16-13-25-19(21-16)15-10-8-14(2)9-11-15/h4-11,13H,3,12H2,1-2H3/t26-/m0/s1. The molecule has 0 unspecified atom stereocenters. The molecule has 1 atom stereocenters. The molecule has 0 aliphatic heterocycles. The van der Waals surface area contributed by atoms with E-state index in [2.05, 4.69) is 4.98 Å². The fourth-order valence-electron chi connectivity index (χ4n) is 2.41. The minimum atomic E-state index is -1.21. The number of esters is 1. The van der Waals surface area contributed by atoms with Gasteiger partial charge in [-0.1, -0.05) is 48.9 Å². The van der Waals surface area contributed by atoms with Gasteiger partial charge in [0.25, 0.3) is 0 Å². The number of carbonyl (C=O) groups is 1. The van der Waals surface area contributed by atoms with E-state index in [1.807, 2.05) is 43.5 Å². The van der Waals surface area contributed by atoms with Crippen molar-refractivity contribution >= 4 is 28.1 Å². The Kier molecular flexibility index (Phi) is 5.96. The molecule has 0 radical (unpaired) electrons. The molecule has 0 bridgehead atoms. The second kappa shape index (κ2) is 8.38. The van der Waals surface area contributed by atoms with E-state index in [0.717, 1.165) is 10.6 Å². The Morgan fingerprint density at radius 1 is 1.15 bits per heavy atom. The molecule has 4 nitrogen and oxygen atoms in total. The molecule has 0 amide bonds. The van der Waals surface area contributed by atoms with Crippen molar-refractivity contribution < 1.29 is 13.7 Å². The molecular formula is C20H19NO3S2. The van der Waals surface area contributed by atoms with E-state index in [1.165, 1.54) is 16.9 Å².